The van der Waals surface area contributed by atoms with Gasteiger partial charge in [-0.3, -0.25) is 4.79 Å². The number of carbonyl (C=O) groups is 2. The molecule has 0 bridgehead atoms. The molecular formula is C28H33ClFN3O4. The largest absolute Gasteiger partial charge is 0.466 e. The zero-order valence-corrected chi connectivity index (χ0v) is 22.3. The van der Waals surface area contributed by atoms with Gasteiger partial charge in [-0.1, -0.05) is 35.9 Å². The van der Waals surface area contributed by atoms with Crippen molar-refractivity contribution < 1.29 is 23.5 Å². The monoisotopic (exact) mass is 529 g/mol. The van der Waals surface area contributed by atoms with E-state index in [1.54, 1.807) is 57.0 Å². The van der Waals surface area contributed by atoms with Crippen LogP contribution in [0.4, 0.5) is 9.18 Å². The van der Waals surface area contributed by atoms with Gasteiger partial charge in [0.15, 0.2) is 0 Å². The summed E-state index contributed by atoms with van der Waals surface area (Å²) < 4.78 is 26.9. The fourth-order valence-electron chi connectivity index (χ4n) is 3.99. The van der Waals surface area contributed by atoms with Crippen molar-refractivity contribution >= 4 is 23.7 Å². The van der Waals surface area contributed by atoms with E-state index in [2.05, 4.69) is 10.3 Å². The van der Waals surface area contributed by atoms with Crippen LogP contribution in [0, 0.1) is 11.7 Å². The van der Waals surface area contributed by atoms with E-state index in [0.717, 1.165) is 5.56 Å². The number of carbonyl (C=O) groups excluding carboxylic acids is 2. The molecule has 0 fully saturated rings. The van der Waals surface area contributed by atoms with E-state index in [9.17, 15) is 14.0 Å². The first-order valence-electron chi connectivity index (χ1n) is 12.2. The molecule has 3 rings (SSSR count). The number of halogens is 2. The molecule has 2 atom stereocenters. The van der Waals surface area contributed by atoms with Gasteiger partial charge in [-0.25, -0.2) is 14.2 Å². The zero-order valence-electron chi connectivity index (χ0n) is 21.5. The summed E-state index contributed by atoms with van der Waals surface area (Å²) in [7, 11) is 0. The molecular weight excluding hydrogens is 497 g/mol. The molecule has 0 aliphatic heterocycles. The fraction of sp³-hybridized carbons (Fsp3) is 0.393. The predicted molar refractivity (Wildman–Crippen MR) is 141 cm³/mol. The lowest BCUT2D eigenvalue weighted by Crippen LogP contribution is -2.42. The lowest BCUT2D eigenvalue weighted by molar-refractivity contribution is -0.149. The fourth-order valence-corrected chi connectivity index (χ4v) is 4.16. The Morgan fingerprint density at radius 2 is 1.89 bits per heavy atom. The molecule has 1 aromatic heterocycles. The quantitative estimate of drug-likeness (QED) is 0.323. The highest BCUT2D eigenvalue weighted by Crippen LogP contribution is 2.27. The van der Waals surface area contributed by atoms with E-state index in [1.165, 1.54) is 12.1 Å². The van der Waals surface area contributed by atoms with Crippen LogP contribution in [-0.2, 0) is 27.2 Å². The molecule has 0 saturated heterocycles. The summed E-state index contributed by atoms with van der Waals surface area (Å²) in [6.07, 6.45) is 5.23. The van der Waals surface area contributed by atoms with Crippen molar-refractivity contribution in [3.63, 3.8) is 0 Å². The maximum atomic E-state index is 14.3. The van der Waals surface area contributed by atoms with Crippen LogP contribution in [0.25, 0.3) is 11.1 Å². The maximum Gasteiger partial charge on any atom is 0.407 e. The number of hydrogen-bond donors (Lipinski definition) is 1. The van der Waals surface area contributed by atoms with Gasteiger partial charge in [0.25, 0.3) is 0 Å². The number of ether oxygens (including phenoxy) is 2. The Balaban J connectivity index is 1.82. The van der Waals surface area contributed by atoms with Gasteiger partial charge in [0.2, 0.25) is 0 Å². The third-order valence-electron chi connectivity index (χ3n) is 5.58. The van der Waals surface area contributed by atoms with Crippen molar-refractivity contribution in [2.45, 2.75) is 58.7 Å². The van der Waals surface area contributed by atoms with E-state index in [-0.39, 0.29) is 18.4 Å². The molecule has 0 saturated carbocycles. The minimum absolute atomic E-state index is 0.255. The zero-order chi connectivity index (χ0) is 27.0. The lowest BCUT2D eigenvalue weighted by atomic mass is 9.93. The van der Waals surface area contributed by atoms with Gasteiger partial charge in [0, 0.05) is 35.6 Å². The normalized spacial score (nSPS) is 13.0. The minimum Gasteiger partial charge on any atom is -0.466 e. The first-order valence-corrected chi connectivity index (χ1v) is 12.6. The van der Waals surface area contributed by atoms with Gasteiger partial charge >= 0.3 is 12.1 Å². The Labute approximate surface area is 221 Å². The molecule has 9 heteroatoms. The van der Waals surface area contributed by atoms with Crippen LogP contribution in [0.15, 0.2) is 61.2 Å². The number of imidazole rings is 1. The Hall–Kier alpha value is -3.39. The Kier molecular flexibility index (Phi) is 9.69. The number of nitrogens with one attached hydrogen (secondary N) is 1. The third kappa shape index (κ3) is 8.89. The van der Waals surface area contributed by atoms with Gasteiger partial charge in [-0.2, -0.15) is 0 Å². The summed E-state index contributed by atoms with van der Waals surface area (Å²) in [6.45, 7) is 7.73. The van der Waals surface area contributed by atoms with Crippen molar-refractivity contribution in [1.82, 2.24) is 14.9 Å². The number of hydrogen-bond acceptors (Lipinski definition) is 5. The second-order valence-corrected chi connectivity index (χ2v) is 10.2. The molecule has 0 radical (unpaired) electrons. The van der Waals surface area contributed by atoms with Gasteiger partial charge < -0.3 is 19.4 Å². The van der Waals surface area contributed by atoms with E-state index in [0.29, 0.717) is 35.5 Å². The average Bonchev–Trinajstić information content (AvgIpc) is 3.33. The summed E-state index contributed by atoms with van der Waals surface area (Å²) in [5.41, 5.74) is 1.32. The topological polar surface area (TPSA) is 82.5 Å². The Bertz CT molecular complexity index is 1180. The molecule has 1 heterocycles. The van der Waals surface area contributed by atoms with Crippen LogP contribution in [0.5, 0.6) is 0 Å². The van der Waals surface area contributed by atoms with Crippen molar-refractivity contribution in [1.29, 1.82) is 0 Å². The van der Waals surface area contributed by atoms with Crippen LogP contribution < -0.4 is 5.32 Å². The van der Waals surface area contributed by atoms with Crippen LogP contribution in [0.2, 0.25) is 5.02 Å². The summed E-state index contributed by atoms with van der Waals surface area (Å²) >= 11 is 6.05. The summed E-state index contributed by atoms with van der Waals surface area (Å²) in [5, 5.41) is 3.37. The molecule has 2 aromatic carbocycles. The second-order valence-electron chi connectivity index (χ2n) is 9.81. The van der Waals surface area contributed by atoms with Gasteiger partial charge in [-0.15, -0.1) is 0 Å². The average molecular weight is 530 g/mol. The molecule has 0 unspecified atom stereocenters. The lowest BCUT2D eigenvalue weighted by Gasteiger charge is -2.26. The number of amides is 1. The van der Waals surface area contributed by atoms with E-state index < -0.39 is 23.7 Å². The first kappa shape index (κ1) is 28.2. The molecule has 1 N–H and O–H groups in total. The number of benzene rings is 2. The van der Waals surface area contributed by atoms with Crippen molar-refractivity contribution in [3.05, 3.63) is 77.6 Å². The minimum atomic E-state index is -0.672. The number of esters is 1. The highest BCUT2D eigenvalue weighted by atomic mass is 35.5. The van der Waals surface area contributed by atoms with Crippen molar-refractivity contribution in [2.24, 2.45) is 5.92 Å². The standard InChI is InChI=1S/C28H33ClFN3O4/c1-5-36-26(34)21(17-33-13-12-31-18-33)15-23(32-27(35)37-28(2,3)4)14-19-6-8-20(9-7-19)24-16-22(29)10-11-25(24)30/h6-13,16,18,21,23H,5,14-15,17H2,1-4H3,(H,32,35)/t21-,23+/m0/s1. The Morgan fingerprint density at radius 3 is 2.51 bits per heavy atom. The highest BCUT2D eigenvalue weighted by molar-refractivity contribution is 6.30. The molecule has 198 valence electrons. The van der Waals surface area contributed by atoms with E-state index in [1.807, 2.05) is 24.3 Å². The molecule has 37 heavy (non-hydrogen) atoms. The molecule has 0 aliphatic rings. The first-order chi connectivity index (χ1) is 17.5. The number of aromatic nitrogens is 2. The SMILES string of the molecule is CCOC(=O)[C@@H](C[C@@H](Cc1ccc(-c2cc(Cl)ccc2F)cc1)NC(=O)OC(C)(C)C)Cn1ccnc1. The molecule has 3 aromatic rings. The molecule has 0 spiro atoms. The third-order valence-corrected chi connectivity index (χ3v) is 5.81. The second kappa shape index (κ2) is 12.7. The number of rotatable bonds is 10. The van der Waals surface area contributed by atoms with Crippen LogP contribution in [0.3, 0.4) is 0 Å². The summed E-state index contributed by atoms with van der Waals surface area (Å²) in [5.74, 6) is -1.23. The van der Waals surface area contributed by atoms with Crippen LogP contribution in [0.1, 0.15) is 39.7 Å². The van der Waals surface area contributed by atoms with Crippen molar-refractivity contribution in [2.75, 3.05) is 6.61 Å². The smallest absolute Gasteiger partial charge is 0.407 e. The van der Waals surface area contributed by atoms with Crippen LogP contribution in [-0.4, -0.2) is 39.9 Å². The summed E-state index contributed by atoms with van der Waals surface area (Å²) in [4.78, 5) is 29.5. The van der Waals surface area contributed by atoms with Gasteiger partial charge in [0.1, 0.15) is 11.4 Å². The van der Waals surface area contributed by atoms with E-state index in [4.69, 9.17) is 21.1 Å². The number of alkyl carbamates (subject to hydrolysis) is 1. The molecule has 7 nitrogen and oxygen atoms in total. The number of nitrogens with zero attached hydrogens (tertiary/aromatic N) is 2. The van der Waals surface area contributed by atoms with Gasteiger partial charge in [0.05, 0.1) is 18.9 Å². The Morgan fingerprint density at radius 1 is 1.16 bits per heavy atom. The van der Waals surface area contributed by atoms with E-state index >= 15 is 0 Å². The van der Waals surface area contributed by atoms with Crippen molar-refractivity contribution in [3.8, 4) is 11.1 Å². The molecule has 0 aliphatic carbocycles. The highest BCUT2D eigenvalue weighted by Gasteiger charge is 2.27. The molecule has 1 amide bonds. The maximum absolute atomic E-state index is 14.3. The van der Waals surface area contributed by atoms with Gasteiger partial charge in [-0.05, 0) is 69.9 Å². The van der Waals surface area contributed by atoms with Crippen LogP contribution >= 0.6 is 11.6 Å². The summed E-state index contributed by atoms with van der Waals surface area (Å²) in [6, 6.07) is 11.4. The predicted octanol–water partition coefficient (Wildman–Crippen LogP) is 6.05.